The second-order valence-corrected chi connectivity index (χ2v) is 9.05. The molecule has 0 saturated heterocycles. The van der Waals surface area contributed by atoms with E-state index in [1.165, 1.54) is 17.0 Å². The average molecular weight is 525 g/mol. The summed E-state index contributed by atoms with van der Waals surface area (Å²) < 4.78 is 42.2. The van der Waals surface area contributed by atoms with Crippen molar-refractivity contribution < 1.29 is 27.8 Å². The molecular weight excluding hydrogens is 504 g/mol. The molecule has 1 fully saturated rings. The number of hydrogen-bond acceptors (Lipinski definition) is 3. The molecule has 10 heteroatoms. The van der Waals surface area contributed by atoms with Crippen LogP contribution >= 0.6 is 23.2 Å². The van der Waals surface area contributed by atoms with Crippen LogP contribution in [0.15, 0.2) is 72.8 Å². The van der Waals surface area contributed by atoms with Crippen molar-refractivity contribution in [2.45, 2.75) is 31.3 Å². The highest BCUT2D eigenvalue weighted by atomic mass is 35.5. The molecule has 1 aliphatic carbocycles. The molecule has 0 aromatic heterocycles. The first-order valence-corrected chi connectivity index (χ1v) is 11.5. The Morgan fingerprint density at radius 3 is 2.17 bits per heavy atom. The highest BCUT2D eigenvalue weighted by molar-refractivity contribution is 6.31. The van der Waals surface area contributed by atoms with Crippen molar-refractivity contribution >= 4 is 40.6 Å². The van der Waals surface area contributed by atoms with E-state index in [9.17, 15) is 23.1 Å². The molecular formula is C25H21Cl2F3N2O3. The zero-order valence-corrected chi connectivity index (χ0v) is 19.7. The summed E-state index contributed by atoms with van der Waals surface area (Å²) in [6, 6.07) is 16.9. The van der Waals surface area contributed by atoms with Gasteiger partial charge in [-0.1, -0.05) is 35.3 Å². The summed E-state index contributed by atoms with van der Waals surface area (Å²) in [6.07, 6.45) is -4.66. The lowest BCUT2D eigenvalue weighted by Gasteiger charge is -2.35. The van der Waals surface area contributed by atoms with E-state index in [1.807, 2.05) is 0 Å². The van der Waals surface area contributed by atoms with E-state index in [0.29, 0.717) is 21.4 Å². The fourth-order valence-electron chi connectivity index (χ4n) is 3.88. The van der Waals surface area contributed by atoms with Gasteiger partial charge in [0.2, 0.25) is 0 Å². The summed E-state index contributed by atoms with van der Waals surface area (Å²) in [5, 5.41) is 15.1. The van der Waals surface area contributed by atoms with Gasteiger partial charge in [-0.05, 0) is 85.0 Å². The van der Waals surface area contributed by atoms with Gasteiger partial charge in [-0.15, -0.1) is 13.2 Å². The van der Waals surface area contributed by atoms with Crippen LogP contribution in [0.5, 0.6) is 5.75 Å². The number of urea groups is 1. The number of carbonyl (C=O) groups is 1. The molecule has 1 saturated carbocycles. The molecule has 0 aliphatic heterocycles. The van der Waals surface area contributed by atoms with Crippen LogP contribution in [0.1, 0.15) is 24.5 Å². The number of anilines is 2. The molecule has 2 unspecified atom stereocenters. The van der Waals surface area contributed by atoms with Crippen LogP contribution in [0.3, 0.4) is 0 Å². The molecule has 0 spiro atoms. The summed E-state index contributed by atoms with van der Waals surface area (Å²) in [5.74, 6) is -0.518. The fraction of sp³-hybridized carbons (Fsp3) is 0.240. The van der Waals surface area contributed by atoms with Crippen LogP contribution in [-0.2, 0) is 0 Å². The average Bonchev–Trinajstić information content (AvgIpc) is 3.63. The maximum atomic E-state index is 13.5. The van der Waals surface area contributed by atoms with Gasteiger partial charge < -0.3 is 15.2 Å². The first-order valence-electron chi connectivity index (χ1n) is 10.8. The third kappa shape index (κ3) is 6.60. The zero-order valence-electron chi connectivity index (χ0n) is 18.2. The lowest BCUT2D eigenvalue weighted by atomic mass is 9.96. The SMILES string of the molecule is O=C(Nc1ccc(Cl)cc1)N(c1ccc(Cl)cc1)C(C1CC1)C(O)c1cccc(OC(F)(F)F)c1. The second-order valence-electron chi connectivity index (χ2n) is 8.18. The maximum absolute atomic E-state index is 13.5. The number of aliphatic hydroxyl groups excluding tert-OH is 1. The van der Waals surface area contributed by atoms with E-state index in [0.717, 1.165) is 25.0 Å². The van der Waals surface area contributed by atoms with Crippen molar-refractivity contribution in [2.24, 2.45) is 5.92 Å². The second kappa shape index (κ2) is 10.4. The lowest BCUT2D eigenvalue weighted by Crippen LogP contribution is -2.47. The molecule has 0 radical (unpaired) electrons. The number of hydrogen-bond donors (Lipinski definition) is 2. The van der Waals surface area contributed by atoms with E-state index in [2.05, 4.69) is 10.1 Å². The smallest absolute Gasteiger partial charge is 0.406 e. The molecule has 1 aliphatic rings. The molecule has 3 aromatic rings. The molecule has 0 heterocycles. The van der Waals surface area contributed by atoms with E-state index < -0.39 is 30.3 Å². The lowest BCUT2D eigenvalue weighted by molar-refractivity contribution is -0.274. The molecule has 0 bridgehead atoms. The molecule has 35 heavy (non-hydrogen) atoms. The van der Waals surface area contributed by atoms with Crippen LogP contribution in [0.4, 0.5) is 29.3 Å². The Labute approximate surface area is 210 Å². The number of carbonyl (C=O) groups excluding carboxylic acids is 1. The van der Waals surface area contributed by atoms with Crippen molar-refractivity contribution in [1.29, 1.82) is 0 Å². The molecule has 2 atom stereocenters. The van der Waals surface area contributed by atoms with Crippen molar-refractivity contribution in [3.63, 3.8) is 0 Å². The number of nitrogens with zero attached hydrogens (tertiary/aromatic N) is 1. The Morgan fingerprint density at radius 2 is 1.60 bits per heavy atom. The summed E-state index contributed by atoms with van der Waals surface area (Å²) in [7, 11) is 0. The Morgan fingerprint density at radius 1 is 1.00 bits per heavy atom. The van der Waals surface area contributed by atoms with Gasteiger partial charge in [-0.2, -0.15) is 0 Å². The van der Waals surface area contributed by atoms with Crippen molar-refractivity contribution in [3.05, 3.63) is 88.4 Å². The van der Waals surface area contributed by atoms with Crippen molar-refractivity contribution in [2.75, 3.05) is 10.2 Å². The molecule has 184 valence electrons. The number of amides is 2. The van der Waals surface area contributed by atoms with Crippen LogP contribution in [0.25, 0.3) is 0 Å². The standard InChI is InChI=1S/C25H21Cl2F3N2O3/c26-17-6-10-19(11-7-17)31-24(34)32(20-12-8-18(27)9-13-20)22(15-4-5-15)23(33)16-2-1-3-21(14-16)35-25(28,29)30/h1-3,6-15,22-23,33H,4-5H2,(H,31,34). The van der Waals surface area contributed by atoms with E-state index in [-0.39, 0.29) is 11.5 Å². The van der Waals surface area contributed by atoms with Gasteiger partial charge in [0.15, 0.2) is 0 Å². The third-order valence-corrected chi connectivity index (χ3v) is 6.08. The number of nitrogens with one attached hydrogen (secondary N) is 1. The Balaban J connectivity index is 1.69. The van der Waals surface area contributed by atoms with Gasteiger partial charge in [0.25, 0.3) is 0 Å². The summed E-state index contributed by atoms with van der Waals surface area (Å²) in [6.45, 7) is 0. The highest BCUT2D eigenvalue weighted by Gasteiger charge is 2.43. The number of alkyl halides is 3. The van der Waals surface area contributed by atoms with E-state index in [4.69, 9.17) is 23.2 Å². The van der Waals surface area contributed by atoms with Gasteiger partial charge in [-0.25, -0.2) is 4.79 Å². The Bertz CT molecular complexity index is 1170. The minimum atomic E-state index is -4.87. The molecule has 2 N–H and O–H groups in total. The fourth-order valence-corrected chi connectivity index (χ4v) is 4.14. The van der Waals surface area contributed by atoms with Crippen LogP contribution in [-0.4, -0.2) is 23.5 Å². The predicted octanol–water partition coefficient (Wildman–Crippen LogP) is 7.44. The van der Waals surface area contributed by atoms with Crippen LogP contribution in [0, 0.1) is 5.92 Å². The number of halogens is 5. The summed E-state index contributed by atoms with van der Waals surface area (Å²) in [5.41, 5.74) is 1.16. The molecule has 5 nitrogen and oxygen atoms in total. The van der Waals surface area contributed by atoms with Gasteiger partial charge >= 0.3 is 12.4 Å². The van der Waals surface area contributed by atoms with Crippen molar-refractivity contribution in [1.82, 2.24) is 0 Å². The first-order chi connectivity index (χ1) is 16.6. The number of benzene rings is 3. The Kier molecular flexibility index (Phi) is 7.44. The number of rotatable bonds is 7. The van der Waals surface area contributed by atoms with Gasteiger partial charge in [-0.3, -0.25) is 4.90 Å². The van der Waals surface area contributed by atoms with E-state index in [1.54, 1.807) is 48.5 Å². The summed E-state index contributed by atoms with van der Waals surface area (Å²) in [4.78, 5) is 14.9. The topological polar surface area (TPSA) is 61.8 Å². The molecule has 3 aromatic carbocycles. The van der Waals surface area contributed by atoms with Crippen LogP contribution < -0.4 is 15.0 Å². The zero-order chi connectivity index (χ0) is 25.2. The molecule has 4 rings (SSSR count). The number of ether oxygens (including phenoxy) is 1. The quantitative estimate of drug-likeness (QED) is 0.337. The molecule has 2 amide bonds. The predicted molar refractivity (Wildman–Crippen MR) is 129 cm³/mol. The van der Waals surface area contributed by atoms with Crippen molar-refractivity contribution in [3.8, 4) is 5.75 Å². The third-order valence-electron chi connectivity index (χ3n) is 5.58. The van der Waals surface area contributed by atoms with Gasteiger partial charge in [0, 0.05) is 21.4 Å². The van der Waals surface area contributed by atoms with Gasteiger partial charge in [0.05, 0.1) is 6.04 Å². The Hall–Kier alpha value is -2.94. The monoisotopic (exact) mass is 524 g/mol. The van der Waals surface area contributed by atoms with E-state index >= 15 is 0 Å². The maximum Gasteiger partial charge on any atom is 0.573 e. The normalized spacial score (nSPS) is 15.3. The largest absolute Gasteiger partial charge is 0.573 e. The minimum absolute atomic E-state index is 0.0659. The summed E-state index contributed by atoms with van der Waals surface area (Å²) >= 11 is 12.0. The number of aliphatic hydroxyl groups is 1. The highest BCUT2D eigenvalue weighted by Crippen LogP contribution is 2.43. The van der Waals surface area contributed by atoms with Gasteiger partial charge in [0.1, 0.15) is 11.9 Å². The first kappa shape index (κ1) is 25.2. The minimum Gasteiger partial charge on any atom is -0.406 e. The van der Waals surface area contributed by atoms with Crippen LogP contribution in [0.2, 0.25) is 10.0 Å².